The van der Waals surface area contributed by atoms with Crippen molar-refractivity contribution in [2.75, 3.05) is 23.9 Å². The Morgan fingerprint density at radius 3 is 2.62 bits per heavy atom. The first-order valence-electron chi connectivity index (χ1n) is 9.66. The quantitative estimate of drug-likeness (QED) is 0.647. The smallest absolute Gasteiger partial charge is 0.418 e. The number of para-hydroxylation sites is 1. The highest BCUT2D eigenvalue weighted by Gasteiger charge is 2.34. The maximum Gasteiger partial charge on any atom is 0.418 e. The van der Waals surface area contributed by atoms with Crippen molar-refractivity contribution in [1.29, 1.82) is 0 Å². The first kappa shape index (κ1) is 21.3. The average Bonchev–Trinajstić information content (AvgIpc) is 3.42. The molecule has 0 spiro atoms. The molecule has 11 heteroatoms. The molecular formula is C21H18F3N5O3. The molecule has 2 amide bonds. The number of amides is 2. The zero-order valence-corrected chi connectivity index (χ0v) is 16.9. The molecule has 0 unspecified atom stereocenters. The number of hydrogen-bond acceptors (Lipinski definition) is 5. The van der Waals surface area contributed by atoms with E-state index < -0.39 is 17.6 Å². The number of benzene rings is 2. The van der Waals surface area contributed by atoms with Crippen LogP contribution in [0.4, 0.5) is 24.5 Å². The van der Waals surface area contributed by atoms with Crippen molar-refractivity contribution in [3.05, 3.63) is 59.9 Å². The summed E-state index contributed by atoms with van der Waals surface area (Å²) in [5.41, 5.74) is -0.416. The van der Waals surface area contributed by atoms with Crippen LogP contribution in [0.2, 0.25) is 0 Å². The standard InChI is InChI=1S/C21H18F3N5O3/c1-32-18-9-8-13(11-17(18)28-10-4-7-19(28)30)25-20(31)15-12-29(27-26-15)16-6-3-2-5-14(16)21(22,23)24/h2-3,5-6,8-9,11-12H,4,7,10H2,1H3,(H,25,31). The summed E-state index contributed by atoms with van der Waals surface area (Å²) >= 11 is 0. The summed E-state index contributed by atoms with van der Waals surface area (Å²) < 4.78 is 46.0. The molecule has 1 saturated heterocycles. The topological polar surface area (TPSA) is 89.3 Å². The minimum absolute atomic E-state index is 0.0435. The molecule has 0 bridgehead atoms. The van der Waals surface area contributed by atoms with Crippen molar-refractivity contribution in [1.82, 2.24) is 15.0 Å². The third kappa shape index (κ3) is 4.13. The highest BCUT2D eigenvalue weighted by atomic mass is 19.4. The third-order valence-corrected chi connectivity index (χ3v) is 4.98. The molecule has 4 rings (SSSR count). The van der Waals surface area contributed by atoms with E-state index >= 15 is 0 Å². The normalized spacial score (nSPS) is 14.0. The molecule has 0 aliphatic carbocycles. The van der Waals surface area contributed by atoms with Crippen LogP contribution in [0.5, 0.6) is 5.75 Å². The highest BCUT2D eigenvalue weighted by Crippen LogP contribution is 2.35. The lowest BCUT2D eigenvalue weighted by atomic mass is 10.1. The Bertz CT molecular complexity index is 1180. The van der Waals surface area contributed by atoms with Gasteiger partial charge in [-0.3, -0.25) is 9.59 Å². The molecule has 1 aliphatic rings. The van der Waals surface area contributed by atoms with Crippen molar-refractivity contribution in [3.63, 3.8) is 0 Å². The van der Waals surface area contributed by atoms with Crippen LogP contribution in [-0.4, -0.2) is 40.5 Å². The lowest BCUT2D eigenvalue weighted by Gasteiger charge is -2.20. The summed E-state index contributed by atoms with van der Waals surface area (Å²) in [4.78, 5) is 26.3. The van der Waals surface area contributed by atoms with Crippen molar-refractivity contribution in [3.8, 4) is 11.4 Å². The van der Waals surface area contributed by atoms with Gasteiger partial charge in [0.2, 0.25) is 5.91 Å². The molecule has 32 heavy (non-hydrogen) atoms. The van der Waals surface area contributed by atoms with Gasteiger partial charge in [0, 0.05) is 18.7 Å². The Hall–Kier alpha value is -3.89. The molecule has 166 valence electrons. The molecule has 1 N–H and O–H groups in total. The number of carbonyl (C=O) groups is 2. The highest BCUT2D eigenvalue weighted by molar-refractivity contribution is 6.04. The number of nitrogens with one attached hydrogen (secondary N) is 1. The van der Waals surface area contributed by atoms with E-state index in [2.05, 4.69) is 15.6 Å². The van der Waals surface area contributed by atoms with Gasteiger partial charge in [0.25, 0.3) is 5.91 Å². The number of halogens is 3. The molecule has 1 aliphatic heterocycles. The number of aromatic nitrogens is 3. The van der Waals surface area contributed by atoms with Crippen molar-refractivity contribution >= 4 is 23.2 Å². The summed E-state index contributed by atoms with van der Waals surface area (Å²) in [7, 11) is 1.48. The fourth-order valence-electron chi connectivity index (χ4n) is 3.48. The van der Waals surface area contributed by atoms with Gasteiger partial charge in [-0.2, -0.15) is 13.2 Å². The fourth-order valence-corrected chi connectivity index (χ4v) is 3.48. The van der Waals surface area contributed by atoms with Gasteiger partial charge in [0.15, 0.2) is 5.69 Å². The number of methoxy groups -OCH3 is 1. The summed E-state index contributed by atoms with van der Waals surface area (Å²) in [5.74, 6) is -0.226. The summed E-state index contributed by atoms with van der Waals surface area (Å²) in [6.45, 7) is 0.541. The Kier molecular flexibility index (Phi) is 5.56. The van der Waals surface area contributed by atoms with E-state index in [1.54, 1.807) is 23.1 Å². The molecule has 8 nitrogen and oxygen atoms in total. The molecule has 1 aromatic heterocycles. The van der Waals surface area contributed by atoms with Gasteiger partial charge in [0.1, 0.15) is 5.75 Å². The molecule has 3 aromatic rings. The van der Waals surface area contributed by atoms with E-state index in [1.165, 1.54) is 25.3 Å². The van der Waals surface area contributed by atoms with Crippen LogP contribution >= 0.6 is 0 Å². The van der Waals surface area contributed by atoms with Crippen molar-refractivity contribution in [2.24, 2.45) is 0 Å². The van der Waals surface area contributed by atoms with E-state index in [-0.39, 0.29) is 17.3 Å². The maximum atomic E-state index is 13.3. The monoisotopic (exact) mass is 445 g/mol. The Morgan fingerprint density at radius 2 is 1.94 bits per heavy atom. The van der Waals surface area contributed by atoms with Crippen LogP contribution in [0.3, 0.4) is 0 Å². The number of rotatable bonds is 5. The Morgan fingerprint density at radius 1 is 1.16 bits per heavy atom. The molecule has 1 fully saturated rings. The predicted molar refractivity (Wildman–Crippen MR) is 109 cm³/mol. The van der Waals surface area contributed by atoms with E-state index in [9.17, 15) is 22.8 Å². The number of carbonyl (C=O) groups excluding carboxylic acids is 2. The molecule has 0 saturated carbocycles. The first-order valence-corrected chi connectivity index (χ1v) is 9.66. The molecular weight excluding hydrogens is 427 g/mol. The van der Waals surface area contributed by atoms with Crippen LogP contribution in [0.25, 0.3) is 5.69 Å². The Balaban J connectivity index is 1.58. The first-order chi connectivity index (χ1) is 15.3. The van der Waals surface area contributed by atoms with Gasteiger partial charge >= 0.3 is 6.18 Å². The summed E-state index contributed by atoms with van der Waals surface area (Å²) in [6, 6.07) is 9.67. The lowest BCUT2D eigenvalue weighted by Crippen LogP contribution is -2.24. The van der Waals surface area contributed by atoms with Gasteiger partial charge in [0.05, 0.1) is 30.2 Å². The minimum atomic E-state index is -4.59. The number of nitrogens with zero attached hydrogens (tertiary/aromatic N) is 4. The fraction of sp³-hybridized carbons (Fsp3) is 0.238. The molecule has 0 radical (unpaired) electrons. The van der Waals surface area contributed by atoms with E-state index in [0.29, 0.717) is 30.1 Å². The molecule has 2 aromatic carbocycles. The van der Waals surface area contributed by atoms with Crippen molar-refractivity contribution < 1.29 is 27.5 Å². The minimum Gasteiger partial charge on any atom is -0.495 e. The van der Waals surface area contributed by atoms with E-state index in [1.807, 2.05) is 0 Å². The van der Waals surface area contributed by atoms with E-state index in [0.717, 1.165) is 23.4 Å². The SMILES string of the molecule is COc1ccc(NC(=O)c2cn(-c3ccccc3C(F)(F)F)nn2)cc1N1CCCC1=O. The zero-order valence-electron chi connectivity index (χ0n) is 16.9. The van der Waals surface area contributed by atoms with Crippen LogP contribution in [0.15, 0.2) is 48.7 Å². The number of ether oxygens (including phenoxy) is 1. The van der Waals surface area contributed by atoms with Crippen LogP contribution < -0.4 is 15.0 Å². The molecule has 0 atom stereocenters. The maximum absolute atomic E-state index is 13.3. The van der Waals surface area contributed by atoms with Crippen molar-refractivity contribution in [2.45, 2.75) is 19.0 Å². The predicted octanol–water partition coefficient (Wildman–Crippen LogP) is 3.67. The van der Waals surface area contributed by atoms with Gasteiger partial charge in [-0.15, -0.1) is 5.10 Å². The van der Waals surface area contributed by atoms with Crippen LogP contribution in [0, 0.1) is 0 Å². The summed E-state index contributed by atoms with van der Waals surface area (Å²) in [6.07, 6.45) is -2.31. The van der Waals surface area contributed by atoms with Gasteiger partial charge < -0.3 is 15.0 Å². The zero-order chi connectivity index (χ0) is 22.9. The number of alkyl halides is 3. The summed E-state index contributed by atoms with van der Waals surface area (Å²) in [5, 5.41) is 10.0. The number of anilines is 2. The average molecular weight is 445 g/mol. The molecule has 2 heterocycles. The van der Waals surface area contributed by atoms with Crippen LogP contribution in [0.1, 0.15) is 28.9 Å². The van der Waals surface area contributed by atoms with E-state index in [4.69, 9.17) is 4.74 Å². The second kappa shape index (κ2) is 8.33. The lowest BCUT2D eigenvalue weighted by molar-refractivity contribution is -0.137. The largest absolute Gasteiger partial charge is 0.495 e. The van der Waals surface area contributed by atoms with Gasteiger partial charge in [-0.25, -0.2) is 4.68 Å². The number of hydrogen-bond donors (Lipinski definition) is 1. The Labute approximate surface area is 180 Å². The second-order valence-corrected chi connectivity index (χ2v) is 7.05. The van der Waals surface area contributed by atoms with Crippen LogP contribution in [-0.2, 0) is 11.0 Å². The van der Waals surface area contributed by atoms with Gasteiger partial charge in [-0.1, -0.05) is 17.3 Å². The third-order valence-electron chi connectivity index (χ3n) is 4.98. The van der Waals surface area contributed by atoms with Gasteiger partial charge in [-0.05, 0) is 36.8 Å². The second-order valence-electron chi connectivity index (χ2n) is 7.05.